The van der Waals surface area contributed by atoms with Crippen molar-refractivity contribution in [3.8, 4) is 5.75 Å². The Bertz CT molecular complexity index is 513. The van der Waals surface area contributed by atoms with Gasteiger partial charge in [0, 0.05) is 18.0 Å². The topological polar surface area (TPSA) is 119 Å². The molecule has 0 saturated heterocycles. The van der Waals surface area contributed by atoms with Crippen molar-refractivity contribution in [2.24, 2.45) is 5.92 Å². The van der Waals surface area contributed by atoms with Crippen LogP contribution in [0.15, 0.2) is 24.3 Å². The lowest BCUT2D eigenvalue weighted by Gasteiger charge is -2.15. The second-order valence-corrected chi connectivity index (χ2v) is 4.51. The fourth-order valence-electron chi connectivity index (χ4n) is 1.67. The molecule has 1 aromatic rings. The molecular formula is C14H17N2O5-. The van der Waals surface area contributed by atoms with Gasteiger partial charge in [-0.15, -0.1) is 0 Å². The first-order valence-corrected chi connectivity index (χ1v) is 6.53. The van der Waals surface area contributed by atoms with Gasteiger partial charge in [-0.3, -0.25) is 20.4 Å². The molecule has 0 spiro atoms. The van der Waals surface area contributed by atoms with E-state index in [2.05, 4.69) is 10.9 Å². The first-order valence-electron chi connectivity index (χ1n) is 6.53. The van der Waals surface area contributed by atoms with Crippen molar-refractivity contribution in [3.05, 3.63) is 29.8 Å². The van der Waals surface area contributed by atoms with Crippen LogP contribution in [-0.2, 0) is 9.59 Å². The summed E-state index contributed by atoms with van der Waals surface area (Å²) in [4.78, 5) is 33.8. The monoisotopic (exact) mass is 293 g/mol. The third kappa shape index (κ3) is 5.52. The number of aromatic hydroxyl groups is 1. The highest BCUT2D eigenvalue weighted by atomic mass is 16.4. The second-order valence-electron chi connectivity index (χ2n) is 4.51. The Kier molecular flexibility index (Phi) is 6.19. The number of hydrogen-bond donors (Lipinski definition) is 3. The van der Waals surface area contributed by atoms with E-state index in [4.69, 9.17) is 5.11 Å². The van der Waals surface area contributed by atoms with Crippen molar-refractivity contribution < 1.29 is 24.6 Å². The number of carboxylic acids is 1. The summed E-state index contributed by atoms with van der Waals surface area (Å²) in [6, 6.07) is 5.50. The minimum atomic E-state index is -1.18. The first-order chi connectivity index (χ1) is 9.93. The Morgan fingerprint density at radius 3 is 2.33 bits per heavy atom. The summed E-state index contributed by atoms with van der Waals surface area (Å²) in [7, 11) is 0. The van der Waals surface area contributed by atoms with Gasteiger partial charge in [-0.1, -0.05) is 6.92 Å². The number of aliphatic carboxylic acids is 1. The highest BCUT2D eigenvalue weighted by Gasteiger charge is 2.11. The predicted octanol–water partition coefficient (Wildman–Crippen LogP) is -0.291. The van der Waals surface area contributed by atoms with Gasteiger partial charge in [-0.05, 0) is 43.0 Å². The van der Waals surface area contributed by atoms with Gasteiger partial charge >= 0.3 is 0 Å². The van der Waals surface area contributed by atoms with Gasteiger partial charge in [0.25, 0.3) is 5.91 Å². The highest BCUT2D eigenvalue weighted by molar-refractivity contribution is 5.95. The first kappa shape index (κ1) is 16.5. The molecule has 1 atom stereocenters. The van der Waals surface area contributed by atoms with E-state index in [-0.39, 0.29) is 24.2 Å². The van der Waals surface area contributed by atoms with Gasteiger partial charge in [0.1, 0.15) is 5.75 Å². The zero-order chi connectivity index (χ0) is 15.8. The summed E-state index contributed by atoms with van der Waals surface area (Å²) in [5, 5.41) is 19.8. The van der Waals surface area contributed by atoms with E-state index in [9.17, 15) is 19.5 Å². The number of nitrogens with one attached hydrogen (secondary N) is 2. The van der Waals surface area contributed by atoms with Gasteiger partial charge in [-0.2, -0.15) is 0 Å². The number of amides is 2. The van der Waals surface area contributed by atoms with Crippen LogP contribution in [-0.4, -0.2) is 22.9 Å². The molecule has 0 radical (unpaired) electrons. The lowest BCUT2D eigenvalue weighted by molar-refractivity contribution is -0.311. The maximum Gasteiger partial charge on any atom is 0.269 e. The number of carbonyl (C=O) groups is 3. The fraction of sp³-hybridized carbons (Fsp3) is 0.357. The van der Waals surface area contributed by atoms with Crippen molar-refractivity contribution in [1.82, 2.24) is 10.9 Å². The van der Waals surface area contributed by atoms with E-state index in [0.717, 1.165) is 0 Å². The number of phenolic OH excluding ortho intramolecular Hbond substituents is 1. The van der Waals surface area contributed by atoms with E-state index in [1.165, 1.54) is 24.3 Å². The van der Waals surface area contributed by atoms with Crippen LogP contribution in [0.5, 0.6) is 5.75 Å². The SMILES string of the molecule is CC[C@@H](CCC(=O)NNC(=O)c1ccc(O)cc1)C(=O)[O-]. The zero-order valence-corrected chi connectivity index (χ0v) is 11.6. The summed E-state index contributed by atoms with van der Waals surface area (Å²) in [5.74, 6) is -2.84. The minimum Gasteiger partial charge on any atom is -0.550 e. The maximum absolute atomic E-state index is 11.7. The van der Waals surface area contributed by atoms with Crippen LogP contribution in [0.2, 0.25) is 0 Å². The molecule has 7 heteroatoms. The third-order valence-corrected chi connectivity index (χ3v) is 2.99. The molecule has 7 nitrogen and oxygen atoms in total. The number of hydrogen-bond acceptors (Lipinski definition) is 5. The Hall–Kier alpha value is -2.57. The molecule has 1 aromatic carbocycles. The normalized spacial score (nSPS) is 11.5. The average Bonchev–Trinajstić information content (AvgIpc) is 2.45. The molecular weight excluding hydrogens is 276 g/mol. The summed E-state index contributed by atoms with van der Waals surface area (Å²) >= 11 is 0. The molecule has 2 amide bonds. The van der Waals surface area contributed by atoms with Gasteiger partial charge in [0.15, 0.2) is 0 Å². The Balaban J connectivity index is 2.37. The quantitative estimate of drug-likeness (QED) is 0.623. The molecule has 0 aliphatic heterocycles. The molecule has 0 aliphatic rings. The van der Waals surface area contributed by atoms with E-state index in [1.54, 1.807) is 6.92 Å². The Morgan fingerprint density at radius 1 is 1.19 bits per heavy atom. The standard InChI is InChI=1S/C14H18N2O5/c1-2-9(14(20)21)5-8-12(18)15-16-13(19)10-3-6-11(17)7-4-10/h3-4,6-7,9,17H,2,5,8H2,1H3,(H,15,18)(H,16,19)(H,20,21)/p-1/t9-/m0/s1. The van der Waals surface area contributed by atoms with Gasteiger partial charge in [0.05, 0.1) is 0 Å². The van der Waals surface area contributed by atoms with E-state index in [0.29, 0.717) is 6.42 Å². The van der Waals surface area contributed by atoms with Gasteiger partial charge in [-0.25, -0.2) is 0 Å². The molecule has 1 rings (SSSR count). The molecule has 114 valence electrons. The van der Waals surface area contributed by atoms with E-state index < -0.39 is 23.7 Å². The minimum absolute atomic E-state index is 0.0255. The molecule has 0 heterocycles. The van der Waals surface area contributed by atoms with E-state index in [1.807, 2.05) is 0 Å². The number of phenols is 1. The number of benzene rings is 1. The molecule has 0 aromatic heterocycles. The van der Waals surface area contributed by atoms with Crippen LogP contribution < -0.4 is 16.0 Å². The number of rotatable bonds is 6. The lowest BCUT2D eigenvalue weighted by Crippen LogP contribution is -2.42. The average molecular weight is 293 g/mol. The maximum atomic E-state index is 11.7. The molecule has 3 N–H and O–H groups in total. The molecule has 0 unspecified atom stereocenters. The molecule has 0 bridgehead atoms. The fourth-order valence-corrected chi connectivity index (χ4v) is 1.67. The number of hydrazine groups is 1. The van der Waals surface area contributed by atoms with Crippen molar-refractivity contribution in [2.45, 2.75) is 26.2 Å². The predicted molar refractivity (Wildman–Crippen MR) is 71.7 cm³/mol. The number of carboxylic acid groups (broad SMARTS) is 1. The Morgan fingerprint density at radius 2 is 1.81 bits per heavy atom. The highest BCUT2D eigenvalue weighted by Crippen LogP contribution is 2.10. The van der Waals surface area contributed by atoms with Crippen LogP contribution in [0, 0.1) is 5.92 Å². The van der Waals surface area contributed by atoms with Crippen LogP contribution in [0.25, 0.3) is 0 Å². The largest absolute Gasteiger partial charge is 0.550 e. The molecule has 0 fully saturated rings. The van der Waals surface area contributed by atoms with Crippen LogP contribution in [0.1, 0.15) is 36.5 Å². The van der Waals surface area contributed by atoms with Crippen LogP contribution in [0.3, 0.4) is 0 Å². The third-order valence-electron chi connectivity index (χ3n) is 2.99. The van der Waals surface area contributed by atoms with Gasteiger partial charge in [0.2, 0.25) is 5.91 Å². The van der Waals surface area contributed by atoms with Gasteiger partial charge < -0.3 is 15.0 Å². The lowest BCUT2D eigenvalue weighted by atomic mass is 10.0. The van der Waals surface area contributed by atoms with Crippen molar-refractivity contribution in [1.29, 1.82) is 0 Å². The van der Waals surface area contributed by atoms with Crippen LogP contribution >= 0.6 is 0 Å². The van der Waals surface area contributed by atoms with E-state index >= 15 is 0 Å². The summed E-state index contributed by atoms with van der Waals surface area (Å²) < 4.78 is 0. The number of carbonyl (C=O) groups excluding carboxylic acids is 3. The second kappa shape index (κ2) is 7.88. The Labute approximate surface area is 121 Å². The van der Waals surface area contributed by atoms with Crippen molar-refractivity contribution >= 4 is 17.8 Å². The van der Waals surface area contributed by atoms with Crippen molar-refractivity contribution in [2.75, 3.05) is 0 Å². The van der Waals surface area contributed by atoms with Crippen molar-refractivity contribution in [3.63, 3.8) is 0 Å². The summed E-state index contributed by atoms with van der Waals surface area (Å²) in [5.41, 5.74) is 4.68. The summed E-state index contributed by atoms with van der Waals surface area (Å²) in [6.45, 7) is 1.70. The summed E-state index contributed by atoms with van der Waals surface area (Å²) in [6.07, 6.45) is 0.511. The van der Waals surface area contributed by atoms with Crippen LogP contribution in [0.4, 0.5) is 0 Å². The molecule has 21 heavy (non-hydrogen) atoms. The molecule has 0 aliphatic carbocycles. The molecule has 0 saturated carbocycles. The zero-order valence-electron chi connectivity index (χ0n) is 11.6. The smallest absolute Gasteiger partial charge is 0.269 e.